The molecular weight excluding hydrogens is 250 g/mol. The van der Waals surface area contributed by atoms with E-state index in [0.29, 0.717) is 0 Å². The lowest BCUT2D eigenvalue weighted by molar-refractivity contribution is 0.282. The van der Waals surface area contributed by atoms with Gasteiger partial charge in [-0.25, -0.2) is 0 Å². The first kappa shape index (κ1) is 14.4. The largest absolute Gasteiger partial charge is 0.496 e. The summed E-state index contributed by atoms with van der Waals surface area (Å²) in [6.45, 7) is 2.82. The quantitative estimate of drug-likeness (QED) is 0.907. The van der Waals surface area contributed by atoms with E-state index in [0.717, 1.165) is 34.7 Å². The van der Waals surface area contributed by atoms with Gasteiger partial charge in [0.05, 0.1) is 13.7 Å². The van der Waals surface area contributed by atoms with E-state index in [1.54, 1.807) is 7.11 Å². The van der Waals surface area contributed by atoms with Gasteiger partial charge in [0.2, 0.25) is 0 Å². The maximum absolute atomic E-state index is 9.51. The lowest BCUT2D eigenvalue weighted by Crippen LogP contribution is -2.18. The smallest absolute Gasteiger partial charge is 0.123 e. The molecule has 0 amide bonds. The summed E-state index contributed by atoms with van der Waals surface area (Å²) in [6, 6.07) is 14.1. The van der Waals surface area contributed by atoms with E-state index in [9.17, 15) is 5.11 Å². The zero-order valence-electron chi connectivity index (χ0n) is 12.3. The molecule has 0 aromatic heterocycles. The number of aryl methyl sites for hydroxylation is 1. The predicted molar refractivity (Wildman–Crippen MR) is 82.2 cm³/mol. The van der Waals surface area contributed by atoms with Crippen molar-refractivity contribution in [2.45, 2.75) is 20.1 Å². The molecule has 0 atom stereocenters. The normalized spacial score (nSPS) is 10.4. The molecule has 2 aromatic rings. The van der Waals surface area contributed by atoms with Gasteiger partial charge in [0, 0.05) is 30.4 Å². The molecule has 106 valence electrons. The first-order valence-electron chi connectivity index (χ1n) is 6.69. The van der Waals surface area contributed by atoms with Crippen molar-refractivity contribution >= 4 is 5.69 Å². The number of aliphatic hydroxyl groups is 1. The van der Waals surface area contributed by atoms with E-state index in [1.165, 1.54) is 0 Å². The van der Waals surface area contributed by atoms with E-state index >= 15 is 0 Å². The Morgan fingerprint density at radius 3 is 2.55 bits per heavy atom. The Balaban J connectivity index is 2.26. The summed E-state index contributed by atoms with van der Waals surface area (Å²) >= 11 is 0. The molecule has 0 aliphatic carbocycles. The number of rotatable bonds is 5. The van der Waals surface area contributed by atoms with E-state index in [1.807, 2.05) is 38.2 Å². The molecule has 0 unspecified atom stereocenters. The van der Waals surface area contributed by atoms with Crippen LogP contribution in [0, 0.1) is 6.92 Å². The maximum atomic E-state index is 9.51. The molecule has 0 heterocycles. The fraction of sp³-hybridized carbons (Fsp3) is 0.294. The summed E-state index contributed by atoms with van der Waals surface area (Å²) in [5.74, 6) is 0.886. The number of benzene rings is 2. The van der Waals surface area contributed by atoms with E-state index in [-0.39, 0.29) is 6.61 Å². The van der Waals surface area contributed by atoms with Gasteiger partial charge in [-0.3, -0.25) is 0 Å². The monoisotopic (exact) mass is 271 g/mol. The van der Waals surface area contributed by atoms with Gasteiger partial charge in [-0.05, 0) is 19.1 Å². The Kier molecular flexibility index (Phi) is 4.64. The topological polar surface area (TPSA) is 32.7 Å². The fourth-order valence-corrected chi connectivity index (χ4v) is 2.39. The van der Waals surface area contributed by atoms with Crippen LogP contribution in [0.1, 0.15) is 16.7 Å². The Labute approximate surface area is 120 Å². The molecule has 0 bridgehead atoms. The van der Waals surface area contributed by atoms with Crippen molar-refractivity contribution in [2.24, 2.45) is 0 Å². The third-order valence-electron chi connectivity index (χ3n) is 3.42. The summed E-state index contributed by atoms with van der Waals surface area (Å²) in [6.07, 6.45) is 0. The minimum atomic E-state index is 0.0489. The molecule has 0 fully saturated rings. The number of para-hydroxylation sites is 1. The standard InChI is InChI=1S/C17H21NO2/c1-13-8-9-16(15(10-13)12-19)18(2)11-14-6-4-5-7-17(14)20-3/h4-10,19H,11-12H2,1-3H3. The minimum absolute atomic E-state index is 0.0489. The molecule has 0 spiro atoms. The lowest BCUT2D eigenvalue weighted by Gasteiger charge is -2.23. The second kappa shape index (κ2) is 6.44. The third-order valence-corrected chi connectivity index (χ3v) is 3.42. The molecule has 3 heteroatoms. The molecule has 20 heavy (non-hydrogen) atoms. The number of aliphatic hydroxyl groups excluding tert-OH is 1. The molecule has 0 saturated carbocycles. The van der Waals surface area contributed by atoms with Crippen LogP contribution >= 0.6 is 0 Å². The number of ether oxygens (including phenoxy) is 1. The van der Waals surface area contributed by atoms with Gasteiger partial charge in [0.15, 0.2) is 0 Å². The average molecular weight is 271 g/mol. The SMILES string of the molecule is COc1ccccc1CN(C)c1ccc(C)cc1CO. The second-order valence-corrected chi connectivity index (χ2v) is 4.96. The molecular formula is C17H21NO2. The third kappa shape index (κ3) is 3.11. The van der Waals surface area contributed by atoms with Crippen LogP contribution < -0.4 is 9.64 Å². The van der Waals surface area contributed by atoms with Gasteiger partial charge in [-0.2, -0.15) is 0 Å². The van der Waals surface area contributed by atoms with E-state index in [4.69, 9.17) is 4.74 Å². The summed E-state index contributed by atoms with van der Waals surface area (Å²) in [5.41, 5.74) is 4.27. The highest BCUT2D eigenvalue weighted by atomic mass is 16.5. The molecule has 3 nitrogen and oxygen atoms in total. The van der Waals surface area contributed by atoms with Crippen LogP contribution in [-0.2, 0) is 13.2 Å². The summed E-state index contributed by atoms with van der Waals surface area (Å²) in [5, 5.41) is 9.51. The van der Waals surface area contributed by atoms with Gasteiger partial charge in [0.1, 0.15) is 5.75 Å². The van der Waals surface area contributed by atoms with Crippen molar-refractivity contribution in [3.63, 3.8) is 0 Å². The number of methoxy groups -OCH3 is 1. The highest BCUT2D eigenvalue weighted by Gasteiger charge is 2.10. The van der Waals surface area contributed by atoms with Gasteiger partial charge in [-0.1, -0.05) is 35.9 Å². The van der Waals surface area contributed by atoms with Crippen LogP contribution in [0.2, 0.25) is 0 Å². The summed E-state index contributed by atoms with van der Waals surface area (Å²) in [7, 11) is 3.71. The van der Waals surface area contributed by atoms with Crippen molar-refractivity contribution in [3.05, 3.63) is 59.2 Å². The average Bonchev–Trinajstić information content (AvgIpc) is 2.47. The highest BCUT2D eigenvalue weighted by molar-refractivity contribution is 5.55. The Morgan fingerprint density at radius 1 is 1.10 bits per heavy atom. The highest BCUT2D eigenvalue weighted by Crippen LogP contribution is 2.25. The second-order valence-electron chi connectivity index (χ2n) is 4.96. The predicted octanol–water partition coefficient (Wildman–Crippen LogP) is 3.13. The van der Waals surface area contributed by atoms with Gasteiger partial charge in [-0.15, -0.1) is 0 Å². The van der Waals surface area contributed by atoms with E-state index in [2.05, 4.69) is 23.1 Å². The van der Waals surface area contributed by atoms with Crippen LogP contribution in [0.3, 0.4) is 0 Å². The Bertz CT molecular complexity index is 581. The van der Waals surface area contributed by atoms with Crippen molar-refractivity contribution in [3.8, 4) is 5.75 Å². The van der Waals surface area contributed by atoms with Crippen molar-refractivity contribution < 1.29 is 9.84 Å². The van der Waals surface area contributed by atoms with Crippen molar-refractivity contribution in [1.82, 2.24) is 0 Å². The van der Waals surface area contributed by atoms with Crippen molar-refractivity contribution in [2.75, 3.05) is 19.1 Å². The molecule has 0 aliphatic rings. The minimum Gasteiger partial charge on any atom is -0.496 e. The van der Waals surface area contributed by atoms with Gasteiger partial charge >= 0.3 is 0 Å². The first-order valence-corrected chi connectivity index (χ1v) is 6.69. The first-order chi connectivity index (χ1) is 9.65. The maximum Gasteiger partial charge on any atom is 0.123 e. The number of nitrogens with zero attached hydrogens (tertiary/aromatic N) is 1. The summed E-state index contributed by atoms with van der Waals surface area (Å²) in [4.78, 5) is 2.13. The van der Waals surface area contributed by atoms with Crippen LogP contribution in [0.25, 0.3) is 0 Å². The fourth-order valence-electron chi connectivity index (χ4n) is 2.39. The molecule has 0 aliphatic heterocycles. The zero-order valence-corrected chi connectivity index (χ0v) is 12.3. The molecule has 0 saturated heterocycles. The van der Waals surface area contributed by atoms with Crippen molar-refractivity contribution in [1.29, 1.82) is 0 Å². The summed E-state index contributed by atoms with van der Waals surface area (Å²) < 4.78 is 5.38. The number of hydrogen-bond donors (Lipinski definition) is 1. The molecule has 1 N–H and O–H groups in total. The van der Waals surface area contributed by atoms with Crippen LogP contribution in [-0.4, -0.2) is 19.3 Å². The molecule has 2 rings (SSSR count). The molecule has 2 aromatic carbocycles. The lowest BCUT2D eigenvalue weighted by atomic mass is 10.1. The van der Waals surface area contributed by atoms with Gasteiger partial charge in [0.25, 0.3) is 0 Å². The zero-order chi connectivity index (χ0) is 14.5. The Hall–Kier alpha value is -2.00. The number of hydrogen-bond acceptors (Lipinski definition) is 3. The van der Waals surface area contributed by atoms with Crippen LogP contribution in [0.15, 0.2) is 42.5 Å². The molecule has 0 radical (unpaired) electrons. The van der Waals surface area contributed by atoms with Crippen LogP contribution in [0.4, 0.5) is 5.69 Å². The van der Waals surface area contributed by atoms with Crippen LogP contribution in [0.5, 0.6) is 5.75 Å². The van der Waals surface area contributed by atoms with Gasteiger partial charge < -0.3 is 14.7 Å². The van der Waals surface area contributed by atoms with E-state index < -0.39 is 0 Å². The Morgan fingerprint density at radius 2 is 1.85 bits per heavy atom. The number of anilines is 1.